The number of amides is 2. The number of carbonyl (C=O) groups is 2. The molecule has 2 N–H and O–H groups in total. The number of likely N-dealkylation sites (tertiary alicyclic amines) is 1. The van der Waals surface area contributed by atoms with E-state index in [2.05, 4.69) is 10.3 Å². The van der Waals surface area contributed by atoms with Crippen molar-refractivity contribution in [1.29, 1.82) is 0 Å². The number of benzene rings is 1. The Balaban J connectivity index is 0.00000240. The Labute approximate surface area is 205 Å². The van der Waals surface area contributed by atoms with Gasteiger partial charge in [0.1, 0.15) is 0 Å². The van der Waals surface area contributed by atoms with Crippen LogP contribution in [0.5, 0.6) is 0 Å². The molecule has 1 aliphatic rings. The van der Waals surface area contributed by atoms with Crippen molar-refractivity contribution >= 4 is 29.3 Å². The Bertz CT molecular complexity index is 868. The molecule has 0 aliphatic carbocycles. The van der Waals surface area contributed by atoms with E-state index in [-0.39, 0.29) is 55.4 Å². The molecule has 0 saturated carbocycles. The second kappa shape index (κ2) is 12.1. The van der Waals surface area contributed by atoms with Crippen molar-refractivity contribution in [3.05, 3.63) is 71.5 Å². The van der Waals surface area contributed by atoms with Gasteiger partial charge in [0.15, 0.2) is 0 Å². The standard InChI is InChI=1S/C22H24ClN3O3.Na.H/c23-18-8-10-19(11-9-18)25-22(29)26-14-12-16(5-2-1-3-7-20(27)28)21(26)17-6-4-13-24-15-17;;/h1-2,4,6,8-11,13,15-16,21H,3,5,7,12,14H2,(H,25,29)(H,27,28);;/q;+1;-1/b2-1-;;. The maximum Gasteiger partial charge on any atom is 1.00 e. The first-order valence-electron chi connectivity index (χ1n) is 9.64. The third-order valence-corrected chi connectivity index (χ3v) is 5.29. The fourth-order valence-electron chi connectivity index (χ4n) is 3.66. The first-order valence-corrected chi connectivity index (χ1v) is 10.0. The third kappa shape index (κ3) is 6.84. The Kier molecular flexibility index (Phi) is 9.85. The van der Waals surface area contributed by atoms with Crippen molar-refractivity contribution < 1.29 is 45.7 Å². The molecule has 2 heterocycles. The topological polar surface area (TPSA) is 82.5 Å². The van der Waals surface area contributed by atoms with Gasteiger partial charge >= 0.3 is 41.6 Å². The molecule has 0 radical (unpaired) electrons. The minimum atomic E-state index is -0.797. The second-order valence-electron chi connectivity index (χ2n) is 7.05. The monoisotopic (exact) mass is 437 g/mol. The molecule has 0 bridgehead atoms. The van der Waals surface area contributed by atoms with E-state index in [4.69, 9.17) is 16.7 Å². The number of carboxylic acid groups (broad SMARTS) is 1. The van der Waals surface area contributed by atoms with Crippen LogP contribution in [-0.2, 0) is 4.79 Å². The number of urea groups is 1. The fourth-order valence-corrected chi connectivity index (χ4v) is 3.78. The van der Waals surface area contributed by atoms with E-state index in [0.717, 1.165) is 18.4 Å². The Hall–Kier alpha value is -1.86. The SMILES string of the molecule is O=C(O)CC/C=C\CC1CCN(C(=O)Nc2ccc(Cl)cc2)C1c1cccnc1.[H-].[Na+]. The molecular formula is C22H25ClN3NaO3. The summed E-state index contributed by atoms with van der Waals surface area (Å²) in [7, 11) is 0. The van der Waals surface area contributed by atoms with Gasteiger partial charge in [-0.05, 0) is 61.1 Å². The summed E-state index contributed by atoms with van der Waals surface area (Å²) in [5.74, 6) is -0.551. The van der Waals surface area contributed by atoms with Gasteiger partial charge < -0.3 is 16.7 Å². The molecule has 30 heavy (non-hydrogen) atoms. The first-order chi connectivity index (χ1) is 14.0. The minimum absolute atomic E-state index is 0. The van der Waals surface area contributed by atoms with Crippen LogP contribution in [0.15, 0.2) is 60.9 Å². The van der Waals surface area contributed by atoms with Gasteiger partial charge in [-0.2, -0.15) is 0 Å². The number of carboxylic acids is 1. The van der Waals surface area contributed by atoms with Crippen molar-refractivity contribution in [2.24, 2.45) is 5.92 Å². The molecular weight excluding hydrogens is 413 g/mol. The summed E-state index contributed by atoms with van der Waals surface area (Å²) in [6.45, 7) is 0.645. The van der Waals surface area contributed by atoms with Crippen molar-refractivity contribution in [3.63, 3.8) is 0 Å². The molecule has 3 rings (SSSR count). The van der Waals surface area contributed by atoms with Gasteiger partial charge in [-0.25, -0.2) is 4.79 Å². The number of allylic oxidation sites excluding steroid dienone is 2. The van der Waals surface area contributed by atoms with E-state index in [1.807, 2.05) is 29.2 Å². The zero-order chi connectivity index (χ0) is 20.6. The average molecular weight is 438 g/mol. The number of anilines is 1. The van der Waals surface area contributed by atoms with Crippen LogP contribution >= 0.6 is 11.6 Å². The van der Waals surface area contributed by atoms with Crippen LogP contribution in [0.25, 0.3) is 0 Å². The van der Waals surface area contributed by atoms with E-state index < -0.39 is 5.97 Å². The molecule has 1 saturated heterocycles. The largest absolute Gasteiger partial charge is 1.00 e. The van der Waals surface area contributed by atoms with Gasteiger partial charge in [0.05, 0.1) is 6.04 Å². The van der Waals surface area contributed by atoms with E-state index in [9.17, 15) is 9.59 Å². The number of nitrogens with one attached hydrogen (secondary N) is 1. The number of carbonyl (C=O) groups excluding carboxylic acids is 1. The molecule has 154 valence electrons. The molecule has 6 nitrogen and oxygen atoms in total. The van der Waals surface area contributed by atoms with Crippen LogP contribution in [0, 0.1) is 5.92 Å². The second-order valence-corrected chi connectivity index (χ2v) is 7.49. The third-order valence-electron chi connectivity index (χ3n) is 5.04. The summed E-state index contributed by atoms with van der Waals surface area (Å²) in [6, 6.07) is 10.7. The van der Waals surface area contributed by atoms with E-state index in [1.165, 1.54) is 0 Å². The van der Waals surface area contributed by atoms with E-state index in [1.54, 1.807) is 36.7 Å². The zero-order valence-corrected chi connectivity index (χ0v) is 19.8. The molecule has 1 aromatic carbocycles. The summed E-state index contributed by atoms with van der Waals surface area (Å²) in [5, 5.41) is 12.3. The number of hydrogen-bond acceptors (Lipinski definition) is 3. The van der Waals surface area contributed by atoms with Gasteiger partial charge in [0, 0.05) is 36.1 Å². The Morgan fingerprint density at radius 3 is 2.70 bits per heavy atom. The van der Waals surface area contributed by atoms with Crippen LogP contribution < -0.4 is 34.9 Å². The predicted molar refractivity (Wildman–Crippen MR) is 114 cm³/mol. The molecule has 8 heteroatoms. The number of halogens is 1. The van der Waals surface area contributed by atoms with Crippen molar-refractivity contribution in [2.45, 2.75) is 31.7 Å². The van der Waals surface area contributed by atoms with Gasteiger partial charge in [-0.3, -0.25) is 9.78 Å². The predicted octanol–water partition coefficient (Wildman–Crippen LogP) is 2.26. The van der Waals surface area contributed by atoms with Crippen LogP contribution in [0.3, 0.4) is 0 Å². The van der Waals surface area contributed by atoms with Crippen molar-refractivity contribution in [1.82, 2.24) is 9.88 Å². The van der Waals surface area contributed by atoms with Crippen LogP contribution in [0.1, 0.15) is 38.7 Å². The number of pyridine rings is 1. The zero-order valence-electron chi connectivity index (χ0n) is 18.0. The molecule has 1 aromatic heterocycles. The molecule has 2 aromatic rings. The quantitative estimate of drug-likeness (QED) is 0.514. The normalized spacial score (nSPS) is 18.2. The van der Waals surface area contributed by atoms with Gasteiger partial charge in [0.25, 0.3) is 0 Å². The summed E-state index contributed by atoms with van der Waals surface area (Å²) >= 11 is 5.92. The molecule has 1 aliphatic heterocycles. The first kappa shape index (κ1) is 24.4. The Morgan fingerprint density at radius 1 is 1.27 bits per heavy atom. The minimum Gasteiger partial charge on any atom is -1.00 e. The van der Waals surface area contributed by atoms with Gasteiger partial charge in [-0.15, -0.1) is 0 Å². The molecule has 0 spiro atoms. The van der Waals surface area contributed by atoms with Crippen LogP contribution in [0.2, 0.25) is 5.02 Å². The fraction of sp³-hybridized carbons (Fsp3) is 0.318. The van der Waals surface area contributed by atoms with Crippen LogP contribution in [0.4, 0.5) is 10.5 Å². The molecule has 1 fully saturated rings. The van der Waals surface area contributed by atoms with Gasteiger partial charge in [0.2, 0.25) is 0 Å². The van der Waals surface area contributed by atoms with Crippen LogP contribution in [-0.4, -0.2) is 33.5 Å². The number of nitrogens with zero attached hydrogens (tertiary/aromatic N) is 2. The smallest absolute Gasteiger partial charge is 1.00 e. The molecule has 2 unspecified atom stereocenters. The summed E-state index contributed by atoms with van der Waals surface area (Å²) in [4.78, 5) is 29.7. The number of hydrogen-bond donors (Lipinski definition) is 2. The summed E-state index contributed by atoms with van der Waals surface area (Å²) < 4.78 is 0. The van der Waals surface area contributed by atoms with Crippen molar-refractivity contribution in [2.75, 3.05) is 11.9 Å². The average Bonchev–Trinajstić information content (AvgIpc) is 3.14. The number of rotatable bonds is 7. The number of aliphatic carboxylic acids is 1. The van der Waals surface area contributed by atoms with Gasteiger partial charge in [-0.1, -0.05) is 29.8 Å². The Morgan fingerprint density at radius 2 is 2.03 bits per heavy atom. The van der Waals surface area contributed by atoms with Crippen molar-refractivity contribution in [3.8, 4) is 0 Å². The maximum absolute atomic E-state index is 13.0. The molecule has 2 atom stereocenters. The maximum atomic E-state index is 13.0. The summed E-state index contributed by atoms with van der Waals surface area (Å²) in [6.07, 6.45) is 9.75. The summed E-state index contributed by atoms with van der Waals surface area (Å²) in [5.41, 5.74) is 1.70. The molecule has 2 amide bonds. The number of aromatic nitrogens is 1. The van der Waals surface area contributed by atoms with E-state index >= 15 is 0 Å². The van der Waals surface area contributed by atoms with E-state index in [0.29, 0.717) is 23.7 Å².